The number of unbranched alkanes of at least 4 members (excludes halogenated alkanes) is 49. The number of allylic oxidation sites excluding steroid dienone is 6. The molecule has 6 nitrogen and oxygen atoms in total. The predicted molar refractivity (Wildman–Crippen MR) is 344 cm³/mol. The summed E-state index contributed by atoms with van der Waals surface area (Å²) in [5, 5.41) is 0. The van der Waals surface area contributed by atoms with Gasteiger partial charge in [-0.1, -0.05) is 359 Å². The number of hydrogen-bond acceptors (Lipinski definition) is 6. The van der Waals surface area contributed by atoms with E-state index < -0.39 is 6.10 Å². The summed E-state index contributed by atoms with van der Waals surface area (Å²) in [6, 6.07) is 0. The van der Waals surface area contributed by atoms with Crippen molar-refractivity contribution in [3.05, 3.63) is 36.5 Å². The summed E-state index contributed by atoms with van der Waals surface area (Å²) in [6.45, 7) is 6.58. The van der Waals surface area contributed by atoms with Gasteiger partial charge in [0, 0.05) is 19.3 Å². The molecule has 0 spiro atoms. The Hall–Kier alpha value is -2.37. The lowest BCUT2D eigenvalue weighted by atomic mass is 10.0. The van der Waals surface area contributed by atoms with Crippen molar-refractivity contribution in [2.75, 3.05) is 13.2 Å². The Labute approximate surface area is 493 Å². The largest absolute Gasteiger partial charge is 0.462 e. The van der Waals surface area contributed by atoms with Crippen LogP contribution in [0.2, 0.25) is 0 Å². The lowest BCUT2D eigenvalue weighted by molar-refractivity contribution is -0.167. The fourth-order valence-corrected chi connectivity index (χ4v) is 10.9. The van der Waals surface area contributed by atoms with Crippen LogP contribution < -0.4 is 0 Å². The molecule has 0 saturated carbocycles. The Morgan fingerprint density at radius 2 is 0.494 bits per heavy atom. The van der Waals surface area contributed by atoms with E-state index in [-0.39, 0.29) is 31.1 Å². The molecule has 0 saturated heterocycles. The number of rotatable bonds is 66. The highest BCUT2D eigenvalue weighted by Crippen LogP contribution is 2.19. The maximum Gasteiger partial charge on any atom is 0.306 e. The predicted octanol–water partition coefficient (Wildman–Crippen LogP) is 24.3. The van der Waals surface area contributed by atoms with E-state index in [1.165, 1.54) is 257 Å². The average molecular weight is 1110 g/mol. The molecule has 79 heavy (non-hydrogen) atoms. The molecule has 0 heterocycles. The van der Waals surface area contributed by atoms with E-state index in [0.29, 0.717) is 19.3 Å². The number of ether oxygens (including phenoxy) is 3. The molecule has 0 aromatic heterocycles. The van der Waals surface area contributed by atoms with Gasteiger partial charge in [-0.2, -0.15) is 0 Å². The number of carbonyl (C=O) groups excluding carboxylic acids is 3. The van der Waals surface area contributed by atoms with E-state index in [0.717, 1.165) is 96.3 Å². The molecule has 0 aliphatic heterocycles. The molecular formula is C73H136O6. The topological polar surface area (TPSA) is 78.9 Å². The number of esters is 3. The van der Waals surface area contributed by atoms with Crippen molar-refractivity contribution in [3.8, 4) is 0 Å². The molecule has 0 N–H and O–H groups in total. The zero-order valence-corrected chi connectivity index (χ0v) is 53.4. The van der Waals surface area contributed by atoms with Gasteiger partial charge in [0.1, 0.15) is 13.2 Å². The molecule has 0 aliphatic carbocycles. The van der Waals surface area contributed by atoms with Gasteiger partial charge in [-0.15, -0.1) is 0 Å². The first-order chi connectivity index (χ1) is 39.0. The monoisotopic (exact) mass is 1110 g/mol. The van der Waals surface area contributed by atoms with Gasteiger partial charge in [0.2, 0.25) is 0 Å². The highest BCUT2D eigenvalue weighted by Gasteiger charge is 2.19. The molecule has 0 bridgehead atoms. The molecule has 0 rings (SSSR count). The minimum absolute atomic E-state index is 0.0739. The van der Waals surface area contributed by atoms with Crippen molar-refractivity contribution >= 4 is 17.9 Å². The van der Waals surface area contributed by atoms with Gasteiger partial charge in [0.05, 0.1) is 0 Å². The van der Waals surface area contributed by atoms with Crippen LogP contribution in [-0.2, 0) is 28.6 Å². The summed E-state index contributed by atoms with van der Waals surface area (Å²) < 4.78 is 16.9. The Balaban J connectivity index is 4.07. The van der Waals surface area contributed by atoms with Crippen LogP contribution in [0.4, 0.5) is 0 Å². The standard InChI is InChI=1S/C73H136O6/c1-4-7-10-13-16-19-22-25-27-28-29-30-31-32-33-34-35-36-37-38-39-40-41-42-43-44-46-48-51-54-57-60-63-66-72(75)78-69-70(68-77-71(74)65-62-59-56-53-50-47-24-21-18-15-12-9-6-3)79-73(76)67-64-61-58-55-52-49-45-26-23-20-17-14-11-8-5-2/h8,11,17,20,26,45,70H,4-7,9-10,12-16,18-19,21-25,27-44,46-69H2,1-3H3/b11-8-,20-17-,45-26-. The van der Waals surface area contributed by atoms with Gasteiger partial charge in [0.15, 0.2) is 6.10 Å². The summed E-state index contributed by atoms with van der Waals surface area (Å²) in [4.78, 5) is 38.3. The van der Waals surface area contributed by atoms with E-state index in [1.54, 1.807) is 0 Å². The third-order valence-corrected chi connectivity index (χ3v) is 16.2. The van der Waals surface area contributed by atoms with E-state index in [4.69, 9.17) is 14.2 Å². The SMILES string of the molecule is CC/C=C\C/C=C\C/C=C\CCCCCCCC(=O)OC(COC(=O)CCCCCCCCCCCCCCC)COC(=O)CCCCCCCCCCCCCCCCCCCCCCCCCCCCCCCCCCC. The maximum atomic E-state index is 12.9. The molecule has 0 aliphatic rings. The van der Waals surface area contributed by atoms with E-state index in [9.17, 15) is 14.4 Å². The molecule has 0 aromatic rings. The highest BCUT2D eigenvalue weighted by atomic mass is 16.6. The first kappa shape index (κ1) is 76.6. The van der Waals surface area contributed by atoms with E-state index in [2.05, 4.69) is 57.2 Å². The van der Waals surface area contributed by atoms with Crippen LogP contribution in [0.15, 0.2) is 36.5 Å². The van der Waals surface area contributed by atoms with Gasteiger partial charge in [-0.05, 0) is 51.4 Å². The van der Waals surface area contributed by atoms with Crippen LogP contribution in [0, 0.1) is 0 Å². The molecule has 1 atom stereocenters. The third-order valence-electron chi connectivity index (χ3n) is 16.2. The van der Waals surface area contributed by atoms with Crippen molar-refractivity contribution in [3.63, 3.8) is 0 Å². The van der Waals surface area contributed by atoms with Crippen molar-refractivity contribution in [1.82, 2.24) is 0 Å². The second-order valence-electron chi connectivity index (χ2n) is 24.1. The van der Waals surface area contributed by atoms with Crippen molar-refractivity contribution in [1.29, 1.82) is 0 Å². The second-order valence-corrected chi connectivity index (χ2v) is 24.1. The zero-order valence-electron chi connectivity index (χ0n) is 53.4. The zero-order chi connectivity index (χ0) is 57.1. The molecule has 6 heteroatoms. The number of hydrogen-bond donors (Lipinski definition) is 0. The molecule has 0 fully saturated rings. The van der Waals surface area contributed by atoms with Crippen LogP contribution in [0.25, 0.3) is 0 Å². The third kappa shape index (κ3) is 66.3. The van der Waals surface area contributed by atoms with Crippen LogP contribution >= 0.6 is 0 Å². The van der Waals surface area contributed by atoms with Gasteiger partial charge in [-0.3, -0.25) is 14.4 Å². The Kier molecular flexibility index (Phi) is 66.1. The molecular weight excluding hydrogens is 973 g/mol. The first-order valence-electron chi connectivity index (χ1n) is 35.5. The quantitative estimate of drug-likeness (QED) is 0.0261. The minimum Gasteiger partial charge on any atom is -0.462 e. The smallest absolute Gasteiger partial charge is 0.306 e. The highest BCUT2D eigenvalue weighted by molar-refractivity contribution is 5.71. The molecule has 0 aromatic carbocycles. The van der Waals surface area contributed by atoms with Crippen molar-refractivity contribution in [2.45, 2.75) is 399 Å². The lowest BCUT2D eigenvalue weighted by Gasteiger charge is -2.18. The summed E-state index contributed by atoms with van der Waals surface area (Å²) in [5.41, 5.74) is 0. The molecule has 0 amide bonds. The number of carbonyl (C=O) groups is 3. The Morgan fingerprint density at radius 3 is 0.772 bits per heavy atom. The fourth-order valence-electron chi connectivity index (χ4n) is 10.9. The Bertz CT molecular complexity index is 1320. The fraction of sp³-hybridized carbons (Fsp3) is 0.877. The van der Waals surface area contributed by atoms with Gasteiger partial charge in [-0.25, -0.2) is 0 Å². The van der Waals surface area contributed by atoms with Crippen LogP contribution in [0.5, 0.6) is 0 Å². The van der Waals surface area contributed by atoms with Crippen molar-refractivity contribution in [2.24, 2.45) is 0 Å². The van der Waals surface area contributed by atoms with Gasteiger partial charge < -0.3 is 14.2 Å². The van der Waals surface area contributed by atoms with Crippen LogP contribution in [0.1, 0.15) is 393 Å². The molecule has 464 valence electrons. The van der Waals surface area contributed by atoms with E-state index in [1.807, 2.05) is 0 Å². The van der Waals surface area contributed by atoms with Crippen molar-refractivity contribution < 1.29 is 28.6 Å². The summed E-state index contributed by atoms with van der Waals surface area (Å²) >= 11 is 0. The minimum atomic E-state index is -0.778. The maximum absolute atomic E-state index is 12.9. The van der Waals surface area contributed by atoms with Gasteiger partial charge >= 0.3 is 17.9 Å². The summed E-state index contributed by atoms with van der Waals surface area (Å²) in [7, 11) is 0. The van der Waals surface area contributed by atoms with Crippen LogP contribution in [-0.4, -0.2) is 37.2 Å². The second kappa shape index (κ2) is 68.1. The van der Waals surface area contributed by atoms with Gasteiger partial charge in [0.25, 0.3) is 0 Å². The van der Waals surface area contributed by atoms with Crippen LogP contribution in [0.3, 0.4) is 0 Å². The summed E-state index contributed by atoms with van der Waals surface area (Å²) in [5.74, 6) is -0.865. The molecule has 0 radical (unpaired) electrons. The van der Waals surface area contributed by atoms with E-state index >= 15 is 0 Å². The normalized spacial score (nSPS) is 12.2. The summed E-state index contributed by atoms with van der Waals surface area (Å²) in [6.07, 6.45) is 84.9. The first-order valence-corrected chi connectivity index (χ1v) is 35.5. The average Bonchev–Trinajstić information content (AvgIpc) is 3.45. The lowest BCUT2D eigenvalue weighted by Crippen LogP contribution is -2.30. The molecule has 1 unspecified atom stereocenters. The Morgan fingerprint density at radius 1 is 0.266 bits per heavy atom.